The molecule has 4 atom stereocenters. The molecule has 2 aliphatic carbocycles. The van der Waals surface area contributed by atoms with Crippen molar-refractivity contribution in [3.63, 3.8) is 0 Å². The van der Waals surface area contributed by atoms with Crippen LogP contribution in [0.2, 0.25) is 0 Å². The fourth-order valence-corrected chi connectivity index (χ4v) is 8.57. The van der Waals surface area contributed by atoms with Crippen LogP contribution in [0.4, 0.5) is 22.0 Å². The van der Waals surface area contributed by atoms with E-state index in [9.17, 15) is 30.4 Å². The maximum absolute atomic E-state index is 13.0. The summed E-state index contributed by atoms with van der Waals surface area (Å²) in [7, 11) is -2.85. The quantitative estimate of drug-likeness (QED) is 0.658. The van der Waals surface area contributed by atoms with E-state index in [2.05, 4.69) is 10.00 Å². The van der Waals surface area contributed by atoms with Gasteiger partial charge in [0.1, 0.15) is 6.54 Å². The van der Waals surface area contributed by atoms with Gasteiger partial charge in [0.05, 0.1) is 11.5 Å². The number of halogens is 5. The Bertz CT molecular complexity index is 910. The van der Waals surface area contributed by atoms with E-state index in [1.165, 1.54) is 0 Å². The summed E-state index contributed by atoms with van der Waals surface area (Å²) in [6.45, 7) is 0.888. The van der Waals surface area contributed by atoms with Crippen molar-refractivity contribution in [2.75, 3.05) is 24.6 Å². The van der Waals surface area contributed by atoms with Crippen LogP contribution in [0.15, 0.2) is 6.07 Å². The molecule has 5 rings (SSSR count). The number of alkyl halides is 5. The standard InChI is InChI=1S/C19H24F5N3O2S/c20-16(21)8-27-14(7-15(25-27)19(22,23)24)17-12-5-11(6-13(12)17)26-3-1-18(2-4-26)9-30(28,29)10-18/h7,11-13,16-17H,1-6,8-10H2/t11-,12+,13-,17-. The minimum absolute atomic E-state index is 0.0465. The first-order chi connectivity index (χ1) is 14.0. The SMILES string of the molecule is O=S1(=O)CC2(CCN([C@H]3C[C@@H]4[C@H](C3)[C@H]4c3cc(C(F)(F)F)nn3CC(F)F)CC2)C1. The lowest BCUT2D eigenvalue weighted by Gasteiger charge is -2.48. The molecule has 0 aromatic carbocycles. The Hall–Kier alpha value is -1.23. The zero-order valence-corrected chi connectivity index (χ0v) is 17.1. The van der Waals surface area contributed by atoms with Crippen molar-refractivity contribution in [1.29, 1.82) is 0 Å². The maximum Gasteiger partial charge on any atom is 0.435 e. The first kappa shape index (κ1) is 20.7. The number of piperidine rings is 1. The molecule has 168 valence electrons. The number of hydrogen-bond donors (Lipinski definition) is 0. The topological polar surface area (TPSA) is 55.2 Å². The van der Waals surface area contributed by atoms with Crippen LogP contribution >= 0.6 is 0 Å². The second-order valence-corrected chi connectivity index (χ2v) is 11.6. The number of likely N-dealkylation sites (tertiary alicyclic amines) is 1. The molecule has 0 N–H and O–H groups in total. The van der Waals surface area contributed by atoms with Crippen molar-refractivity contribution < 1.29 is 30.4 Å². The van der Waals surface area contributed by atoms with Crippen LogP contribution in [0.5, 0.6) is 0 Å². The summed E-state index contributed by atoms with van der Waals surface area (Å²) in [6, 6.07) is 1.29. The van der Waals surface area contributed by atoms with Crippen LogP contribution in [-0.2, 0) is 22.6 Å². The molecule has 1 aromatic rings. The highest BCUT2D eigenvalue weighted by atomic mass is 32.2. The van der Waals surface area contributed by atoms with E-state index >= 15 is 0 Å². The van der Waals surface area contributed by atoms with Crippen molar-refractivity contribution in [3.8, 4) is 0 Å². The van der Waals surface area contributed by atoms with E-state index in [0.717, 1.165) is 49.5 Å². The second kappa shape index (κ2) is 6.63. The number of nitrogens with zero attached hydrogens (tertiary/aromatic N) is 3. The Morgan fingerprint density at radius 1 is 1.13 bits per heavy atom. The van der Waals surface area contributed by atoms with Crippen LogP contribution in [0, 0.1) is 17.3 Å². The van der Waals surface area contributed by atoms with Crippen molar-refractivity contribution in [2.24, 2.45) is 17.3 Å². The fraction of sp³-hybridized carbons (Fsp3) is 0.842. The average Bonchev–Trinajstić information content (AvgIpc) is 2.94. The number of rotatable bonds is 4. The van der Waals surface area contributed by atoms with Gasteiger partial charge in [0.25, 0.3) is 6.43 Å². The van der Waals surface area contributed by atoms with Crippen LogP contribution in [0.1, 0.15) is 43.0 Å². The minimum atomic E-state index is -4.65. The third kappa shape index (κ3) is 3.55. The van der Waals surface area contributed by atoms with Crippen molar-refractivity contribution >= 4 is 9.84 Å². The maximum atomic E-state index is 13.0. The van der Waals surface area contributed by atoms with E-state index in [4.69, 9.17) is 0 Å². The normalized spacial score (nSPS) is 34.9. The van der Waals surface area contributed by atoms with E-state index in [1.54, 1.807) is 0 Å². The van der Waals surface area contributed by atoms with E-state index in [1.807, 2.05) is 0 Å². The van der Waals surface area contributed by atoms with E-state index in [-0.39, 0.29) is 28.9 Å². The molecule has 5 nitrogen and oxygen atoms in total. The van der Waals surface area contributed by atoms with Crippen LogP contribution in [0.3, 0.4) is 0 Å². The van der Waals surface area contributed by atoms with E-state index in [0.29, 0.717) is 17.5 Å². The number of hydrogen-bond acceptors (Lipinski definition) is 4. The lowest BCUT2D eigenvalue weighted by atomic mass is 9.80. The van der Waals surface area contributed by atoms with Crippen molar-refractivity contribution in [1.82, 2.24) is 14.7 Å². The van der Waals surface area contributed by atoms with Crippen LogP contribution < -0.4 is 0 Å². The van der Waals surface area contributed by atoms with Gasteiger partial charge in [-0.15, -0.1) is 0 Å². The van der Waals surface area contributed by atoms with Gasteiger partial charge in [-0.3, -0.25) is 4.68 Å². The molecule has 0 radical (unpaired) electrons. The zero-order valence-electron chi connectivity index (χ0n) is 16.3. The van der Waals surface area contributed by atoms with Gasteiger partial charge in [-0.25, -0.2) is 17.2 Å². The van der Waals surface area contributed by atoms with Gasteiger partial charge in [0.15, 0.2) is 15.5 Å². The summed E-state index contributed by atoms with van der Waals surface area (Å²) in [5.74, 6) is 0.882. The Labute approximate surface area is 171 Å². The van der Waals surface area contributed by atoms with E-state index < -0.39 is 34.7 Å². The summed E-state index contributed by atoms with van der Waals surface area (Å²) in [5.41, 5.74) is -0.861. The fourth-order valence-electron chi connectivity index (χ4n) is 6.21. The molecule has 3 heterocycles. The molecule has 0 bridgehead atoms. The van der Waals surface area contributed by atoms with Gasteiger partial charge in [-0.1, -0.05) is 0 Å². The monoisotopic (exact) mass is 453 g/mol. The highest BCUT2D eigenvalue weighted by molar-refractivity contribution is 7.92. The molecule has 0 unspecified atom stereocenters. The Morgan fingerprint density at radius 2 is 1.73 bits per heavy atom. The smallest absolute Gasteiger partial charge is 0.300 e. The third-order valence-electron chi connectivity index (χ3n) is 7.60. The zero-order chi connectivity index (χ0) is 21.5. The van der Waals surface area contributed by atoms with Crippen LogP contribution in [-0.4, -0.2) is 60.2 Å². The van der Waals surface area contributed by atoms with Crippen molar-refractivity contribution in [3.05, 3.63) is 17.5 Å². The molecule has 11 heteroatoms. The molecule has 4 fully saturated rings. The lowest BCUT2D eigenvalue weighted by molar-refractivity contribution is -0.141. The van der Waals surface area contributed by atoms with Crippen molar-refractivity contribution in [2.45, 2.75) is 56.8 Å². The Kier molecular flexibility index (Phi) is 4.57. The largest absolute Gasteiger partial charge is 0.435 e. The minimum Gasteiger partial charge on any atom is -0.300 e. The molecule has 1 aromatic heterocycles. The van der Waals surface area contributed by atoms with Gasteiger partial charge in [0, 0.05) is 23.1 Å². The number of sulfone groups is 1. The molecule has 2 saturated heterocycles. The van der Waals surface area contributed by atoms with Gasteiger partial charge in [-0.2, -0.15) is 18.3 Å². The van der Waals surface area contributed by atoms with Gasteiger partial charge in [-0.05, 0) is 56.7 Å². The molecule has 4 aliphatic rings. The molecule has 1 spiro atoms. The number of aromatic nitrogens is 2. The predicted octanol–water partition coefficient (Wildman–Crippen LogP) is 3.17. The molecule has 2 aliphatic heterocycles. The highest BCUT2D eigenvalue weighted by Gasteiger charge is 2.60. The highest BCUT2D eigenvalue weighted by Crippen LogP contribution is 2.64. The Morgan fingerprint density at radius 3 is 2.23 bits per heavy atom. The number of fused-ring (bicyclic) bond motifs is 1. The molecule has 30 heavy (non-hydrogen) atoms. The molecular formula is C19H24F5N3O2S. The summed E-state index contributed by atoms with van der Waals surface area (Å²) >= 11 is 0. The second-order valence-electron chi connectivity index (χ2n) is 9.57. The summed E-state index contributed by atoms with van der Waals surface area (Å²) < 4.78 is 88.7. The van der Waals surface area contributed by atoms with Gasteiger partial charge >= 0.3 is 6.18 Å². The first-order valence-electron chi connectivity index (χ1n) is 10.3. The third-order valence-corrected chi connectivity index (χ3v) is 9.71. The Balaban J connectivity index is 1.22. The summed E-state index contributed by atoms with van der Waals surface area (Å²) in [6.07, 6.45) is -3.96. The average molecular weight is 453 g/mol. The molecule has 0 amide bonds. The van der Waals surface area contributed by atoms with Gasteiger partial charge in [0.2, 0.25) is 0 Å². The predicted molar refractivity (Wildman–Crippen MR) is 97.9 cm³/mol. The van der Waals surface area contributed by atoms with Crippen LogP contribution in [0.25, 0.3) is 0 Å². The van der Waals surface area contributed by atoms with Gasteiger partial charge < -0.3 is 4.90 Å². The first-order valence-corrected chi connectivity index (χ1v) is 12.2. The summed E-state index contributed by atoms with van der Waals surface area (Å²) in [5, 5.41) is 3.41. The molecule has 2 saturated carbocycles. The lowest BCUT2D eigenvalue weighted by Crippen LogP contribution is -2.55. The summed E-state index contributed by atoms with van der Waals surface area (Å²) in [4.78, 5) is 2.39. The molecular weight excluding hydrogens is 429 g/mol.